The molecule has 2 aromatic heterocycles. The first-order valence-corrected chi connectivity index (χ1v) is 12.8. The van der Waals surface area contributed by atoms with Crippen LogP contribution >= 0.6 is 0 Å². The molecule has 0 saturated heterocycles. The quantitative estimate of drug-likeness (QED) is 0.0979. The third-order valence-corrected chi connectivity index (χ3v) is 6.15. The molecule has 10 N–H and O–H groups in total. The monoisotopic (exact) mass is 567 g/mol. The molecular formula is C26H33N9O6. The van der Waals surface area contributed by atoms with Crippen LogP contribution in [0.15, 0.2) is 55.4 Å². The molecule has 0 spiro atoms. The number of benzene rings is 1. The number of carboxylic acid groups (broad SMARTS) is 1. The second kappa shape index (κ2) is 14.9. The van der Waals surface area contributed by atoms with Gasteiger partial charge in [-0.15, -0.1) is 0 Å². The number of nitrogens with one attached hydrogen (secondary N) is 5. The first-order chi connectivity index (χ1) is 19.6. The van der Waals surface area contributed by atoms with Gasteiger partial charge < -0.3 is 42.5 Å². The highest BCUT2D eigenvalue weighted by Crippen LogP contribution is 2.07. The lowest BCUT2D eigenvalue weighted by molar-refractivity contribution is -0.142. The molecule has 3 rings (SSSR count). The smallest absolute Gasteiger partial charge is 0.326 e. The molecule has 218 valence electrons. The van der Waals surface area contributed by atoms with E-state index < -0.39 is 53.8 Å². The summed E-state index contributed by atoms with van der Waals surface area (Å²) in [5.74, 6) is -4.19. The van der Waals surface area contributed by atoms with Gasteiger partial charge in [-0.05, 0) is 12.0 Å². The fourth-order valence-corrected chi connectivity index (χ4v) is 3.98. The van der Waals surface area contributed by atoms with Gasteiger partial charge in [0, 0.05) is 49.5 Å². The van der Waals surface area contributed by atoms with E-state index >= 15 is 0 Å². The summed E-state index contributed by atoms with van der Waals surface area (Å²) < 4.78 is 0. The van der Waals surface area contributed by atoms with E-state index in [-0.39, 0.29) is 32.1 Å². The Morgan fingerprint density at radius 1 is 0.780 bits per heavy atom. The van der Waals surface area contributed by atoms with Crippen molar-refractivity contribution in [2.24, 2.45) is 11.5 Å². The predicted molar refractivity (Wildman–Crippen MR) is 145 cm³/mol. The Balaban J connectivity index is 1.74. The van der Waals surface area contributed by atoms with Gasteiger partial charge in [0.05, 0.1) is 18.7 Å². The maximum Gasteiger partial charge on any atom is 0.326 e. The van der Waals surface area contributed by atoms with Crippen LogP contribution in [0.5, 0.6) is 0 Å². The average molecular weight is 568 g/mol. The van der Waals surface area contributed by atoms with Crippen molar-refractivity contribution in [1.82, 2.24) is 35.9 Å². The van der Waals surface area contributed by atoms with Gasteiger partial charge in [-0.25, -0.2) is 14.8 Å². The van der Waals surface area contributed by atoms with E-state index in [2.05, 4.69) is 35.9 Å². The first-order valence-electron chi connectivity index (χ1n) is 12.8. The summed E-state index contributed by atoms with van der Waals surface area (Å²) in [7, 11) is 0. The predicted octanol–water partition coefficient (Wildman–Crippen LogP) is -1.71. The number of rotatable bonds is 16. The molecule has 4 amide bonds. The summed E-state index contributed by atoms with van der Waals surface area (Å²) in [6, 6.07) is 3.90. The SMILES string of the molecule is NC(=O)CCC(NC(=O)C(N)Cc1cnc[nH]1)C(=O)NC(Cc1cnc[nH]1)C(=O)NC(Cc1ccccc1)C(=O)O. The van der Waals surface area contributed by atoms with Gasteiger partial charge in [-0.3, -0.25) is 19.2 Å². The zero-order valence-electron chi connectivity index (χ0n) is 22.1. The van der Waals surface area contributed by atoms with Crippen LogP contribution in [0, 0.1) is 0 Å². The number of amides is 4. The highest BCUT2D eigenvalue weighted by atomic mass is 16.4. The summed E-state index contributed by atoms with van der Waals surface area (Å²) in [5, 5.41) is 17.3. The molecule has 4 unspecified atom stereocenters. The number of hydrogen-bond donors (Lipinski definition) is 8. The molecule has 0 aliphatic rings. The molecule has 15 heteroatoms. The number of imidazole rings is 2. The zero-order chi connectivity index (χ0) is 29.8. The summed E-state index contributed by atoms with van der Waals surface area (Å²) in [5.41, 5.74) is 13.0. The van der Waals surface area contributed by atoms with Crippen LogP contribution in [0.2, 0.25) is 0 Å². The van der Waals surface area contributed by atoms with Crippen LogP contribution in [0.25, 0.3) is 0 Å². The van der Waals surface area contributed by atoms with Gasteiger partial charge >= 0.3 is 5.97 Å². The maximum atomic E-state index is 13.3. The average Bonchev–Trinajstić information content (AvgIpc) is 3.65. The van der Waals surface area contributed by atoms with Crippen LogP contribution in [0.1, 0.15) is 29.8 Å². The number of aromatic nitrogens is 4. The minimum absolute atomic E-state index is 0.0121. The lowest BCUT2D eigenvalue weighted by atomic mass is 10.0. The van der Waals surface area contributed by atoms with Crippen LogP contribution < -0.4 is 27.4 Å². The summed E-state index contributed by atoms with van der Waals surface area (Å²) >= 11 is 0. The lowest BCUT2D eigenvalue weighted by Crippen LogP contribution is -2.58. The van der Waals surface area contributed by atoms with E-state index in [4.69, 9.17) is 11.5 Å². The van der Waals surface area contributed by atoms with Crippen molar-refractivity contribution >= 4 is 29.6 Å². The molecule has 1 aromatic carbocycles. The number of primary amides is 1. The summed E-state index contributed by atoms with van der Waals surface area (Å²) in [6.45, 7) is 0. The van der Waals surface area contributed by atoms with Crippen LogP contribution in [-0.4, -0.2) is 78.8 Å². The van der Waals surface area contributed by atoms with Gasteiger partial charge in [0.15, 0.2) is 0 Å². The fourth-order valence-electron chi connectivity index (χ4n) is 3.98. The van der Waals surface area contributed by atoms with Crippen LogP contribution in [-0.2, 0) is 43.2 Å². The van der Waals surface area contributed by atoms with E-state index in [1.807, 2.05) is 0 Å². The van der Waals surface area contributed by atoms with Crippen molar-refractivity contribution in [3.63, 3.8) is 0 Å². The Hall–Kier alpha value is -5.05. The number of carboxylic acids is 1. The van der Waals surface area contributed by atoms with Crippen LogP contribution in [0.4, 0.5) is 0 Å². The second-order valence-electron chi connectivity index (χ2n) is 9.38. The number of aromatic amines is 2. The number of nitrogens with two attached hydrogens (primary N) is 2. The minimum Gasteiger partial charge on any atom is -0.480 e. The van der Waals surface area contributed by atoms with Crippen molar-refractivity contribution < 1.29 is 29.1 Å². The Morgan fingerprint density at radius 3 is 1.90 bits per heavy atom. The molecule has 0 aliphatic carbocycles. The molecule has 0 fully saturated rings. The number of H-pyrrole nitrogens is 2. The van der Waals surface area contributed by atoms with E-state index in [0.29, 0.717) is 17.0 Å². The molecule has 0 bridgehead atoms. The highest BCUT2D eigenvalue weighted by molar-refractivity contribution is 5.94. The van der Waals surface area contributed by atoms with Crippen molar-refractivity contribution in [3.05, 3.63) is 72.3 Å². The molecule has 3 aromatic rings. The molecule has 41 heavy (non-hydrogen) atoms. The number of carbonyl (C=O) groups excluding carboxylic acids is 4. The Labute approximate surface area is 234 Å². The standard InChI is InChI=1S/C26H33N9O6/c27-18(9-16-11-29-13-31-16)23(37)33-19(6-7-22(28)36)24(38)34-20(10-17-12-30-14-32-17)25(39)35-21(26(40)41)8-15-4-2-1-3-5-15/h1-5,11-14,18-21H,6-10,27H2,(H2,28,36)(H,29,31)(H,30,32)(H,33,37)(H,34,38)(H,35,39)(H,40,41). The molecule has 0 aliphatic heterocycles. The number of aliphatic carboxylic acids is 1. The Kier molecular flexibility index (Phi) is 11.1. The lowest BCUT2D eigenvalue weighted by Gasteiger charge is -2.25. The maximum absolute atomic E-state index is 13.3. The van der Waals surface area contributed by atoms with Crippen molar-refractivity contribution in [1.29, 1.82) is 0 Å². The van der Waals surface area contributed by atoms with Gasteiger partial charge in [-0.1, -0.05) is 30.3 Å². The number of hydrogen-bond acceptors (Lipinski definition) is 8. The van der Waals surface area contributed by atoms with E-state index in [0.717, 1.165) is 0 Å². The van der Waals surface area contributed by atoms with Crippen molar-refractivity contribution in [3.8, 4) is 0 Å². The number of nitrogens with zero attached hydrogens (tertiary/aromatic N) is 2. The third-order valence-electron chi connectivity index (χ3n) is 6.15. The largest absolute Gasteiger partial charge is 0.480 e. The van der Waals surface area contributed by atoms with Crippen LogP contribution in [0.3, 0.4) is 0 Å². The molecule has 15 nitrogen and oxygen atoms in total. The van der Waals surface area contributed by atoms with E-state index in [1.54, 1.807) is 30.3 Å². The van der Waals surface area contributed by atoms with Gasteiger partial charge in [0.1, 0.15) is 18.1 Å². The molecule has 0 saturated carbocycles. The topological polar surface area (TPSA) is 251 Å². The van der Waals surface area contributed by atoms with Gasteiger partial charge in [0.25, 0.3) is 0 Å². The molecule has 2 heterocycles. The van der Waals surface area contributed by atoms with Gasteiger partial charge in [-0.2, -0.15) is 0 Å². The van der Waals surface area contributed by atoms with Crippen molar-refractivity contribution in [2.75, 3.05) is 0 Å². The van der Waals surface area contributed by atoms with Gasteiger partial charge in [0.2, 0.25) is 23.6 Å². The molecular weight excluding hydrogens is 534 g/mol. The third kappa shape index (κ3) is 9.89. The number of carbonyl (C=O) groups is 5. The van der Waals surface area contributed by atoms with E-state index in [1.165, 1.54) is 25.0 Å². The summed E-state index contributed by atoms with van der Waals surface area (Å²) in [6.07, 6.45) is 5.44. The van der Waals surface area contributed by atoms with Crippen molar-refractivity contribution in [2.45, 2.75) is 56.3 Å². The Morgan fingerprint density at radius 2 is 1.34 bits per heavy atom. The normalized spacial score (nSPS) is 13.8. The highest BCUT2D eigenvalue weighted by Gasteiger charge is 2.31. The first kappa shape index (κ1) is 30.5. The Bertz CT molecular complexity index is 1300. The zero-order valence-corrected chi connectivity index (χ0v) is 22.1. The fraction of sp³-hybridized carbons (Fsp3) is 0.346. The van der Waals surface area contributed by atoms with E-state index in [9.17, 15) is 29.1 Å². The molecule has 4 atom stereocenters. The summed E-state index contributed by atoms with van der Waals surface area (Å²) in [4.78, 5) is 76.2. The molecule has 0 radical (unpaired) electrons. The minimum atomic E-state index is -1.28. The second-order valence-corrected chi connectivity index (χ2v) is 9.38.